The Balaban J connectivity index is 1.82. The summed E-state index contributed by atoms with van der Waals surface area (Å²) in [4.78, 5) is 2.37. The van der Waals surface area contributed by atoms with Gasteiger partial charge in [-0.15, -0.1) is 0 Å². The molecule has 21 heavy (non-hydrogen) atoms. The number of rotatable bonds is 4. The number of fused-ring (bicyclic) bond motifs is 1. The predicted octanol–water partition coefficient (Wildman–Crippen LogP) is 3.65. The highest BCUT2D eigenvalue weighted by Crippen LogP contribution is 2.36. The van der Waals surface area contributed by atoms with Crippen LogP contribution in [0, 0.1) is 0 Å². The molecule has 1 heterocycles. The van der Waals surface area contributed by atoms with Crippen LogP contribution in [0.1, 0.15) is 23.6 Å². The fraction of sp³-hybridized carbons (Fsp3) is 0.333. The predicted molar refractivity (Wildman–Crippen MR) is 83.8 cm³/mol. The maximum atomic E-state index is 5.75. The Bertz CT molecular complexity index is 612. The number of hydrogen-bond acceptors (Lipinski definition) is 3. The highest BCUT2D eigenvalue weighted by Gasteiger charge is 2.25. The molecule has 3 heteroatoms. The SMILES string of the molecule is COc1ccccc1CN(C)C1CCOc2ccccc21. The van der Waals surface area contributed by atoms with Crippen LogP contribution in [-0.4, -0.2) is 25.7 Å². The number of para-hydroxylation sites is 2. The molecule has 2 aromatic carbocycles. The van der Waals surface area contributed by atoms with Crippen LogP contribution in [0.4, 0.5) is 0 Å². The molecule has 0 radical (unpaired) electrons. The van der Waals surface area contributed by atoms with E-state index in [-0.39, 0.29) is 0 Å². The van der Waals surface area contributed by atoms with Crippen LogP contribution < -0.4 is 9.47 Å². The Labute approximate surface area is 126 Å². The van der Waals surface area contributed by atoms with Gasteiger partial charge in [-0.25, -0.2) is 0 Å². The molecule has 110 valence electrons. The van der Waals surface area contributed by atoms with Gasteiger partial charge in [0.15, 0.2) is 0 Å². The Morgan fingerprint density at radius 2 is 1.90 bits per heavy atom. The molecule has 0 spiro atoms. The standard InChI is InChI=1S/C18H21NO2/c1-19(13-14-7-3-5-9-17(14)20-2)16-11-12-21-18-10-6-4-8-15(16)18/h3-10,16H,11-13H2,1-2H3. The van der Waals surface area contributed by atoms with Crippen molar-refractivity contribution >= 4 is 0 Å². The minimum atomic E-state index is 0.389. The van der Waals surface area contributed by atoms with Crippen molar-refractivity contribution in [3.8, 4) is 11.5 Å². The van der Waals surface area contributed by atoms with E-state index in [1.54, 1.807) is 7.11 Å². The Morgan fingerprint density at radius 1 is 1.14 bits per heavy atom. The third-order valence-electron chi connectivity index (χ3n) is 4.07. The first-order chi connectivity index (χ1) is 10.3. The van der Waals surface area contributed by atoms with Crippen molar-refractivity contribution in [2.24, 2.45) is 0 Å². The quantitative estimate of drug-likeness (QED) is 0.855. The molecule has 0 bridgehead atoms. The zero-order chi connectivity index (χ0) is 14.7. The summed E-state index contributed by atoms with van der Waals surface area (Å²) >= 11 is 0. The van der Waals surface area contributed by atoms with Crippen LogP contribution >= 0.6 is 0 Å². The van der Waals surface area contributed by atoms with E-state index in [1.807, 2.05) is 18.2 Å². The molecular weight excluding hydrogens is 262 g/mol. The number of methoxy groups -OCH3 is 1. The largest absolute Gasteiger partial charge is 0.496 e. The van der Waals surface area contributed by atoms with Gasteiger partial charge >= 0.3 is 0 Å². The van der Waals surface area contributed by atoms with E-state index in [9.17, 15) is 0 Å². The Kier molecular flexibility index (Phi) is 4.11. The summed E-state index contributed by atoms with van der Waals surface area (Å²) in [6.45, 7) is 1.64. The van der Waals surface area contributed by atoms with Gasteiger partial charge in [0, 0.05) is 30.1 Å². The second-order valence-electron chi connectivity index (χ2n) is 5.42. The number of ether oxygens (including phenoxy) is 2. The summed E-state index contributed by atoms with van der Waals surface area (Å²) in [5.41, 5.74) is 2.49. The van der Waals surface area contributed by atoms with Gasteiger partial charge in [-0.3, -0.25) is 4.90 Å². The highest BCUT2D eigenvalue weighted by molar-refractivity contribution is 5.38. The molecule has 0 fully saturated rings. The molecule has 2 aromatic rings. The highest BCUT2D eigenvalue weighted by atomic mass is 16.5. The van der Waals surface area contributed by atoms with E-state index < -0.39 is 0 Å². The molecule has 0 saturated heterocycles. The third kappa shape index (κ3) is 2.88. The third-order valence-corrected chi connectivity index (χ3v) is 4.07. The smallest absolute Gasteiger partial charge is 0.124 e. The molecule has 1 aliphatic heterocycles. The monoisotopic (exact) mass is 283 g/mol. The lowest BCUT2D eigenvalue weighted by molar-refractivity contribution is 0.160. The van der Waals surface area contributed by atoms with Crippen LogP contribution in [0.5, 0.6) is 11.5 Å². The summed E-state index contributed by atoms with van der Waals surface area (Å²) in [5.74, 6) is 1.96. The molecule has 3 rings (SSSR count). The summed E-state index contributed by atoms with van der Waals surface area (Å²) < 4.78 is 11.2. The molecule has 1 unspecified atom stereocenters. The van der Waals surface area contributed by atoms with Crippen LogP contribution in [0.3, 0.4) is 0 Å². The second kappa shape index (κ2) is 6.19. The summed E-state index contributed by atoms with van der Waals surface area (Å²) in [6.07, 6.45) is 1.02. The molecule has 1 atom stereocenters. The first-order valence-corrected chi connectivity index (χ1v) is 7.33. The minimum Gasteiger partial charge on any atom is -0.496 e. The van der Waals surface area contributed by atoms with Gasteiger partial charge in [0.2, 0.25) is 0 Å². The van der Waals surface area contributed by atoms with Gasteiger partial charge in [-0.2, -0.15) is 0 Å². The lowest BCUT2D eigenvalue weighted by Gasteiger charge is -2.33. The van der Waals surface area contributed by atoms with E-state index in [2.05, 4.69) is 42.3 Å². The van der Waals surface area contributed by atoms with Crippen LogP contribution in [0.15, 0.2) is 48.5 Å². The van der Waals surface area contributed by atoms with Crippen molar-refractivity contribution in [1.29, 1.82) is 0 Å². The maximum Gasteiger partial charge on any atom is 0.124 e. The van der Waals surface area contributed by atoms with Crippen molar-refractivity contribution in [2.75, 3.05) is 20.8 Å². The topological polar surface area (TPSA) is 21.7 Å². The average Bonchev–Trinajstić information content (AvgIpc) is 2.54. The molecule has 0 N–H and O–H groups in total. The average molecular weight is 283 g/mol. The van der Waals surface area contributed by atoms with Crippen molar-refractivity contribution in [3.05, 3.63) is 59.7 Å². The Morgan fingerprint density at radius 3 is 2.76 bits per heavy atom. The molecule has 0 aromatic heterocycles. The van der Waals surface area contributed by atoms with Gasteiger partial charge in [0.05, 0.1) is 13.7 Å². The van der Waals surface area contributed by atoms with E-state index >= 15 is 0 Å². The molecule has 0 saturated carbocycles. The zero-order valence-electron chi connectivity index (χ0n) is 12.6. The maximum absolute atomic E-state index is 5.75. The lowest BCUT2D eigenvalue weighted by atomic mass is 9.99. The lowest BCUT2D eigenvalue weighted by Crippen LogP contribution is -2.29. The summed E-state index contributed by atoms with van der Waals surface area (Å²) in [7, 11) is 3.89. The van der Waals surface area contributed by atoms with Crippen molar-refractivity contribution < 1.29 is 9.47 Å². The molecule has 0 aliphatic carbocycles. The fourth-order valence-electron chi connectivity index (χ4n) is 2.99. The second-order valence-corrected chi connectivity index (χ2v) is 5.42. The van der Waals surface area contributed by atoms with Crippen LogP contribution in [0.2, 0.25) is 0 Å². The van der Waals surface area contributed by atoms with Crippen LogP contribution in [-0.2, 0) is 6.54 Å². The minimum absolute atomic E-state index is 0.389. The Hall–Kier alpha value is -2.00. The van der Waals surface area contributed by atoms with Gasteiger partial charge < -0.3 is 9.47 Å². The number of hydrogen-bond donors (Lipinski definition) is 0. The molecule has 0 amide bonds. The van der Waals surface area contributed by atoms with E-state index in [0.29, 0.717) is 6.04 Å². The summed E-state index contributed by atoms with van der Waals surface area (Å²) in [6, 6.07) is 16.9. The van der Waals surface area contributed by atoms with Gasteiger partial charge in [-0.1, -0.05) is 36.4 Å². The zero-order valence-corrected chi connectivity index (χ0v) is 12.6. The van der Waals surface area contributed by atoms with E-state index in [1.165, 1.54) is 11.1 Å². The number of benzene rings is 2. The fourth-order valence-corrected chi connectivity index (χ4v) is 2.99. The summed E-state index contributed by atoms with van der Waals surface area (Å²) in [5, 5.41) is 0. The molecule has 3 nitrogen and oxygen atoms in total. The first kappa shape index (κ1) is 14.0. The van der Waals surface area contributed by atoms with Crippen LogP contribution in [0.25, 0.3) is 0 Å². The first-order valence-electron chi connectivity index (χ1n) is 7.33. The van der Waals surface area contributed by atoms with Gasteiger partial charge in [0.1, 0.15) is 11.5 Å². The van der Waals surface area contributed by atoms with Gasteiger partial charge in [0.25, 0.3) is 0 Å². The van der Waals surface area contributed by atoms with Gasteiger partial charge in [-0.05, 0) is 19.2 Å². The van der Waals surface area contributed by atoms with E-state index in [0.717, 1.165) is 31.1 Å². The van der Waals surface area contributed by atoms with Crippen molar-refractivity contribution in [2.45, 2.75) is 19.0 Å². The molecular formula is C18H21NO2. The normalized spacial score (nSPS) is 17.2. The van der Waals surface area contributed by atoms with Crippen molar-refractivity contribution in [3.63, 3.8) is 0 Å². The van der Waals surface area contributed by atoms with Crippen molar-refractivity contribution in [1.82, 2.24) is 4.90 Å². The van der Waals surface area contributed by atoms with E-state index in [4.69, 9.17) is 9.47 Å². The molecule has 1 aliphatic rings. The number of nitrogens with zero attached hydrogens (tertiary/aromatic N) is 1.